The largest absolute Gasteiger partial charge is 0.356 e. The summed E-state index contributed by atoms with van der Waals surface area (Å²) < 4.78 is 2.23. The molecule has 3 rings (SSSR count). The first-order chi connectivity index (χ1) is 10.7. The maximum Gasteiger partial charge on any atom is 0.220 e. The number of nitrogens with zero attached hydrogens (tertiary/aromatic N) is 2. The molecule has 22 heavy (non-hydrogen) atoms. The van der Waals surface area contributed by atoms with Gasteiger partial charge in [0.25, 0.3) is 0 Å². The molecule has 0 spiro atoms. The number of aromatic nitrogens is 2. The van der Waals surface area contributed by atoms with Gasteiger partial charge < -0.3 is 9.88 Å². The van der Waals surface area contributed by atoms with E-state index >= 15 is 0 Å². The molecule has 4 nitrogen and oxygen atoms in total. The highest BCUT2D eigenvalue weighted by Crippen LogP contribution is 2.27. The van der Waals surface area contributed by atoms with Crippen LogP contribution in [0.3, 0.4) is 0 Å². The highest BCUT2D eigenvalue weighted by molar-refractivity contribution is 5.76. The van der Waals surface area contributed by atoms with E-state index in [4.69, 9.17) is 0 Å². The fourth-order valence-electron chi connectivity index (χ4n) is 3.49. The van der Waals surface area contributed by atoms with Crippen LogP contribution in [-0.2, 0) is 11.3 Å². The molecule has 0 atom stereocenters. The lowest BCUT2D eigenvalue weighted by atomic mass is 10.0. The number of para-hydroxylation sites is 2. The molecular weight excluding hydrogens is 274 g/mol. The summed E-state index contributed by atoms with van der Waals surface area (Å²) in [6.45, 7) is 3.69. The third kappa shape index (κ3) is 3.49. The van der Waals surface area contributed by atoms with Crippen molar-refractivity contribution < 1.29 is 4.79 Å². The van der Waals surface area contributed by atoms with Crippen LogP contribution in [-0.4, -0.2) is 22.0 Å². The van der Waals surface area contributed by atoms with Gasteiger partial charge in [0.2, 0.25) is 5.91 Å². The van der Waals surface area contributed by atoms with Crippen molar-refractivity contribution in [2.45, 2.75) is 52.0 Å². The maximum atomic E-state index is 11.9. The van der Waals surface area contributed by atoms with Crippen LogP contribution in [0.5, 0.6) is 0 Å². The van der Waals surface area contributed by atoms with Gasteiger partial charge in [-0.05, 0) is 44.2 Å². The van der Waals surface area contributed by atoms with Gasteiger partial charge in [0.1, 0.15) is 5.82 Å². The number of benzene rings is 1. The number of fused-ring (bicyclic) bond motifs is 1. The first-order valence-electron chi connectivity index (χ1n) is 8.42. The van der Waals surface area contributed by atoms with Crippen LogP contribution in [0.4, 0.5) is 0 Å². The van der Waals surface area contributed by atoms with Gasteiger partial charge in [-0.25, -0.2) is 4.98 Å². The average Bonchev–Trinajstić information content (AvgIpc) is 3.11. The molecule has 2 aromatic rings. The molecule has 0 saturated heterocycles. The van der Waals surface area contributed by atoms with Crippen LogP contribution < -0.4 is 5.32 Å². The Morgan fingerprint density at radius 2 is 2.09 bits per heavy atom. The number of nitrogens with one attached hydrogen (secondary N) is 1. The average molecular weight is 299 g/mol. The maximum absolute atomic E-state index is 11.9. The summed E-state index contributed by atoms with van der Waals surface area (Å²) in [4.78, 5) is 16.5. The van der Waals surface area contributed by atoms with E-state index in [0.29, 0.717) is 12.3 Å². The van der Waals surface area contributed by atoms with Crippen molar-refractivity contribution in [2.75, 3.05) is 6.54 Å². The van der Waals surface area contributed by atoms with Gasteiger partial charge >= 0.3 is 0 Å². The molecule has 1 aliphatic rings. The molecule has 1 fully saturated rings. The molecule has 0 unspecified atom stereocenters. The van der Waals surface area contributed by atoms with Crippen molar-refractivity contribution >= 4 is 16.9 Å². The Bertz CT molecular complexity index is 641. The van der Waals surface area contributed by atoms with E-state index in [2.05, 4.69) is 20.9 Å². The second kappa shape index (κ2) is 6.95. The highest BCUT2D eigenvalue weighted by Gasteiger charge is 2.18. The lowest BCUT2D eigenvalue weighted by Gasteiger charge is -2.10. The van der Waals surface area contributed by atoms with Gasteiger partial charge in [0.05, 0.1) is 11.0 Å². The topological polar surface area (TPSA) is 46.9 Å². The van der Waals surface area contributed by atoms with Crippen LogP contribution in [0, 0.1) is 12.8 Å². The molecule has 1 amide bonds. The number of carbonyl (C=O) groups excluding carboxylic acids is 1. The summed E-state index contributed by atoms with van der Waals surface area (Å²) >= 11 is 0. The third-order valence-corrected chi connectivity index (χ3v) is 4.67. The molecule has 1 aliphatic carbocycles. The van der Waals surface area contributed by atoms with Crippen LogP contribution in [0.15, 0.2) is 24.3 Å². The van der Waals surface area contributed by atoms with Crippen molar-refractivity contribution in [3.8, 4) is 0 Å². The van der Waals surface area contributed by atoms with Gasteiger partial charge in [0.15, 0.2) is 0 Å². The normalized spacial score (nSPS) is 15.5. The zero-order chi connectivity index (χ0) is 15.4. The minimum atomic E-state index is 0.221. The summed E-state index contributed by atoms with van der Waals surface area (Å²) in [5.74, 6) is 1.89. The minimum absolute atomic E-state index is 0.221. The molecule has 1 heterocycles. The lowest BCUT2D eigenvalue weighted by Crippen LogP contribution is -2.26. The van der Waals surface area contributed by atoms with Gasteiger partial charge in [-0.2, -0.15) is 0 Å². The van der Waals surface area contributed by atoms with E-state index < -0.39 is 0 Å². The zero-order valence-electron chi connectivity index (χ0n) is 13.3. The van der Waals surface area contributed by atoms with Crippen LogP contribution >= 0.6 is 0 Å². The van der Waals surface area contributed by atoms with E-state index in [1.165, 1.54) is 31.2 Å². The summed E-state index contributed by atoms with van der Waals surface area (Å²) in [5, 5.41) is 3.07. The molecule has 1 aromatic heterocycles. The van der Waals surface area contributed by atoms with E-state index in [1.54, 1.807) is 0 Å². The molecular formula is C18H25N3O. The van der Waals surface area contributed by atoms with Crippen molar-refractivity contribution in [3.05, 3.63) is 30.1 Å². The van der Waals surface area contributed by atoms with Gasteiger partial charge in [-0.3, -0.25) is 4.79 Å². The fraction of sp³-hybridized carbons (Fsp3) is 0.556. The molecule has 0 aliphatic heterocycles. The smallest absolute Gasteiger partial charge is 0.220 e. The van der Waals surface area contributed by atoms with E-state index in [-0.39, 0.29) is 5.91 Å². The zero-order valence-corrected chi connectivity index (χ0v) is 13.3. The summed E-state index contributed by atoms with van der Waals surface area (Å²) in [7, 11) is 0. The molecule has 1 N–H and O–H groups in total. The monoisotopic (exact) mass is 299 g/mol. The van der Waals surface area contributed by atoms with E-state index in [0.717, 1.165) is 30.9 Å². The Hall–Kier alpha value is -1.84. The van der Waals surface area contributed by atoms with E-state index in [9.17, 15) is 4.79 Å². The molecule has 118 valence electrons. The number of hydrogen-bond donors (Lipinski definition) is 1. The van der Waals surface area contributed by atoms with Gasteiger partial charge in [-0.15, -0.1) is 0 Å². The Balaban J connectivity index is 1.46. The van der Waals surface area contributed by atoms with Crippen LogP contribution in [0.2, 0.25) is 0 Å². The Kier molecular flexibility index (Phi) is 4.76. The molecule has 4 heteroatoms. The van der Waals surface area contributed by atoms with E-state index in [1.807, 2.05) is 25.1 Å². The summed E-state index contributed by atoms with van der Waals surface area (Å²) in [6, 6.07) is 8.21. The van der Waals surface area contributed by atoms with Crippen LogP contribution in [0.25, 0.3) is 11.0 Å². The quantitative estimate of drug-likeness (QED) is 0.831. The predicted octanol–water partition coefficient (Wildman–Crippen LogP) is 3.43. The standard InChI is InChI=1S/C18H25N3O/c1-14-20-16-9-4-5-10-17(16)21(14)12-6-11-19-18(22)13-15-7-2-3-8-15/h4-5,9-10,15H,2-3,6-8,11-13H2,1H3,(H,19,22). The molecule has 0 radical (unpaired) electrons. The first-order valence-corrected chi connectivity index (χ1v) is 8.42. The van der Waals surface area contributed by atoms with Crippen LogP contribution in [0.1, 0.15) is 44.3 Å². The van der Waals surface area contributed by atoms with Gasteiger partial charge in [-0.1, -0.05) is 25.0 Å². The summed E-state index contributed by atoms with van der Waals surface area (Å²) in [5.41, 5.74) is 2.22. The van der Waals surface area contributed by atoms with Crippen molar-refractivity contribution in [1.29, 1.82) is 0 Å². The Morgan fingerprint density at radius 3 is 2.91 bits per heavy atom. The molecule has 1 aromatic carbocycles. The number of amides is 1. The Morgan fingerprint density at radius 1 is 1.32 bits per heavy atom. The van der Waals surface area contributed by atoms with Crippen molar-refractivity contribution in [1.82, 2.24) is 14.9 Å². The number of rotatable bonds is 6. The number of carbonyl (C=O) groups is 1. The lowest BCUT2D eigenvalue weighted by molar-refractivity contribution is -0.121. The molecule has 1 saturated carbocycles. The SMILES string of the molecule is Cc1nc2ccccc2n1CCCNC(=O)CC1CCCC1. The highest BCUT2D eigenvalue weighted by atomic mass is 16.1. The van der Waals surface area contributed by atoms with Crippen molar-refractivity contribution in [3.63, 3.8) is 0 Å². The number of imidazole rings is 1. The first kappa shape index (κ1) is 15.1. The predicted molar refractivity (Wildman–Crippen MR) is 88.7 cm³/mol. The van der Waals surface area contributed by atoms with Gasteiger partial charge in [0, 0.05) is 19.5 Å². The second-order valence-electron chi connectivity index (χ2n) is 6.36. The number of hydrogen-bond acceptors (Lipinski definition) is 2. The molecule has 0 bridgehead atoms. The Labute approximate surface area is 131 Å². The number of aryl methyl sites for hydroxylation is 2. The second-order valence-corrected chi connectivity index (χ2v) is 6.36. The fourth-order valence-corrected chi connectivity index (χ4v) is 3.49. The van der Waals surface area contributed by atoms with Crippen molar-refractivity contribution in [2.24, 2.45) is 5.92 Å². The summed E-state index contributed by atoms with van der Waals surface area (Å²) in [6.07, 6.45) is 6.71. The third-order valence-electron chi connectivity index (χ3n) is 4.67. The minimum Gasteiger partial charge on any atom is -0.356 e.